The van der Waals surface area contributed by atoms with Crippen LogP contribution in [0.1, 0.15) is 24.2 Å². The molecule has 0 fully saturated rings. The molecule has 0 atom stereocenters. The van der Waals surface area contributed by atoms with Gasteiger partial charge in [0.25, 0.3) is 0 Å². The van der Waals surface area contributed by atoms with Crippen LogP contribution in [0.15, 0.2) is 36.4 Å². The third-order valence-electron chi connectivity index (χ3n) is 3.92. The average molecular weight is 373 g/mol. The van der Waals surface area contributed by atoms with Crippen LogP contribution in [0.5, 0.6) is 11.5 Å². The fourth-order valence-electron chi connectivity index (χ4n) is 2.75. The predicted octanol–water partition coefficient (Wildman–Crippen LogP) is 4.68. The average Bonchev–Trinajstić information content (AvgIpc) is 2.64. The van der Waals surface area contributed by atoms with E-state index >= 15 is 0 Å². The van der Waals surface area contributed by atoms with Gasteiger partial charge >= 0.3 is 5.97 Å². The number of halogens is 2. The van der Waals surface area contributed by atoms with E-state index < -0.39 is 17.6 Å². The number of hydrogen-bond acceptors (Lipinski definition) is 4. The summed E-state index contributed by atoms with van der Waals surface area (Å²) in [7, 11) is 0. The Morgan fingerprint density at radius 2 is 1.67 bits per heavy atom. The molecule has 0 spiro atoms. The molecular formula is C20H17F2NO4. The van der Waals surface area contributed by atoms with Crippen molar-refractivity contribution in [2.24, 2.45) is 0 Å². The maximum Gasteiger partial charge on any atom is 0.336 e. The third-order valence-corrected chi connectivity index (χ3v) is 3.92. The van der Waals surface area contributed by atoms with Crippen molar-refractivity contribution >= 4 is 16.9 Å². The summed E-state index contributed by atoms with van der Waals surface area (Å²) in [5.74, 6) is -2.35. The van der Waals surface area contributed by atoms with E-state index in [0.717, 1.165) is 12.1 Å². The van der Waals surface area contributed by atoms with Gasteiger partial charge < -0.3 is 14.6 Å². The van der Waals surface area contributed by atoms with E-state index in [1.165, 1.54) is 12.1 Å². The van der Waals surface area contributed by atoms with Crippen LogP contribution in [-0.2, 0) is 0 Å². The Bertz CT molecular complexity index is 1020. The van der Waals surface area contributed by atoms with Crippen molar-refractivity contribution in [3.05, 3.63) is 53.6 Å². The van der Waals surface area contributed by atoms with Crippen molar-refractivity contribution < 1.29 is 28.2 Å². The van der Waals surface area contributed by atoms with E-state index in [2.05, 4.69) is 4.98 Å². The van der Waals surface area contributed by atoms with Gasteiger partial charge in [0.2, 0.25) is 0 Å². The minimum absolute atomic E-state index is 0.0243. The second-order valence-electron chi connectivity index (χ2n) is 5.67. The smallest absolute Gasteiger partial charge is 0.336 e. The lowest BCUT2D eigenvalue weighted by atomic mass is 10.0. The maximum atomic E-state index is 13.6. The molecule has 0 radical (unpaired) electrons. The van der Waals surface area contributed by atoms with Crippen LogP contribution in [0.25, 0.3) is 22.2 Å². The first-order valence-corrected chi connectivity index (χ1v) is 8.37. The summed E-state index contributed by atoms with van der Waals surface area (Å²) in [6, 6.07) is 7.77. The zero-order valence-electron chi connectivity index (χ0n) is 14.8. The number of carbonyl (C=O) groups is 1. The third kappa shape index (κ3) is 3.67. The van der Waals surface area contributed by atoms with Crippen LogP contribution in [0.2, 0.25) is 0 Å². The number of aromatic nitrogens is 1. The quantitative estimate of drug-likeness (QED) is 0.680. The Hall–Kier alpha value is -3.22. The Morgan fingerprint density at radius 3 is 2.26 bits per heavy atom. The highest BCUT2D eigenvalue weighted by atomic mass is 19.2. The molecule has 2 aromatic carbocycles. The molecule has 0 aliphatic rings. The number of nitrogens with zero attached hydrogens (tertiary/aromatic N) is 1. The fraction of sp³-hybridized carbons (Fsp3) is 0.200. The Labute approximate surface area is 154 Å². The molecule has 140 valence electrons. The number of benzene rings is 2. The molecular weight excluding hydrogens is 356 g/mol. The SMILES string of the molecule is CCOc1cc2nc(-c3ccc(F)c(F)c3)cc(C(=O)O)c2cc1OCC. The molecule has 1 heterocycles. The molecule has 0 aliphatic heterocycles. The van der Waals surface area contributed by atoms with Crippen molar-refractivity contribution in [1.82, 2.24) is 4.98 Å². The number of pyridine rings is 1. The summed E-state index contributed by atoms with van der Waals surface area (Å²) in [4.78, 5) is 16.2. The summed E-state index contributed by atoms with van der Waals surface area (Å²) in [6.07, 6.45) is 0. The summed E-state index contributed by atoms with van der Waals surface area (Å²) >= 11 is 0. The molecule has 0 bridgehead atoms. The van der Waals surface area contributed by atoms with Crippen molar-refractivity contribution in [3.63, 3.8) is 0 Å². The lowest BCUT2D eigenvalue weighted by molar-refractivity contribution is 0.0699. The zero-order valence-corrected chi connectivity index (χ0v) is 14.8. The summed E-state index contributed by atoms with van der Waals surface area (Å²) in [5, 5.41) is 9.97. The number of ether oxygens (including phenoxy) is 2. The summed E-state index contributed by atoms with van der Waals surface area (Å²) in [6.45, 7) is 4.39. The van der Waals surface area contributed by atoms with E-state index in [1.807, 2.05) is 13.8 Å². The van der Waals surface area contributed by atoms with Crippen LogP contribution >= 0.6 is 0 Å². The molecule has 0 amide bonds. The van der Waals surface area contributed by atoms with Gasteiger partial charge in [0.1, 0.15) is 0 Å². The van der Waals surface area contributed by atoms with Gasteiger partial charge in [-0.1, -0.05) is 0 Å². The van der Waals surface area contributed by atoms with Crippen molar-refractivity contribution in [3.8, 4) is 22.8 Å². The van der Waals surface area contributed by atoms with Crippen molar-refractivity contribution in [1.29, 1.82) is 0 Å². The van der Waals surface area contributed by atoms with Crippen molar-refractivity contribution in [2.45, 2.75) is 13.8 Å². The van der Waals surface area contributed by atoms with Crippen LogP contribution in [0, 0.1) is 11.6 Å². The highest BCUT2D eigenvalue weighted by Gasteiger charge is 2.17. The monoisotopic (exact) mass is 373 g/mol. The predicted molar refractivity (Wildman–Crippen MR) is 96.4 cm³/mol. The topological polar surface area (TPSA) is 68.7 Å². The largest absolute Gasteiger partial charge is 0.490 e. The number of carboxylic acid groups (broad SMARTS) is 1. The number of hydrogen-bond donors (Lipinski definition) is 1. The Morgan fingerprint density at radius 1 is 1.00 bits per heavy atom. The minimum atomic E-state index is -1.17. The second-order valence-corrected chi connectivity index (χ2v) is 5.67. The van der Waals surface area contributed by atoms with Crippen molar-refractivity contribution in [2.75, 3.05) is 13.2 Å². The first-order chi connectivity index (χ1) is 12.9. The molecule has 0 unspecified atom stereocenters. The molecule has 3 aromatic rings. The number of fused-ring (bicyclic) bond motifs is 1. The first-order valence-electron chi connectivity index (χ1n) is 8.37. The highest BCUT2D eigenvalue weighted by Crippen LogP contribution is 2.35. The van der Waals surface area contributed by atoms with Gasteiger partial charge in [-0.15, -0.1) is 0 Å². The molecule has 7 heteroatoms. The summed E-state index contributed by atoms with van der Waals surface area (Å²) < 4.78 is 37.9. The van der Waals surface area contributed by atoms with E-state index in [1.54, 1.807) is 12.1 Å². The lowest BCUT2D eigenvalue weighted by Crippen LogP contribution is -2.03. The van der Waals surface area contributed by atoms with Crippen LogP contribution in [0.3, 0.4) is 0 Å². The molecule has 0 saturated carbocycles. The van der Waals surface area contributed by atoms with Crippen LogP contribution in [-0.4, -0.2) is 29.3 Å². The lowest BCUT2D eigenvalue weighted by Gasteiger charge is -2.14. The van der Waals surface area contributed by atoms with Gasteiger partial charge in [0.05, 0.1) is 30.0 Å². The Balaban J connectivity index is 2.27. The molecule has 27 heavy (non-hydrogen) atoms. The Kier molecular flexibility index (Phi) is 5.21. The van der Waals surface area contributed by atoms with E-state index in [-0.39, 0.29) is 16.8 Å². The van der Waals surface area contributed by atoms with E-state index in [0.29, 0.717) is 35.6 Å². The fourth-order valence-corrected chi connectivity index (χ4v) is 2.75. The van der Waals surface area contributed by atoms with Gasteiger partial charge in [0, 0.05) is 17.0 Å². The van der Waals surface area contributed by atoms with Gasteiger partial charge in [-0.3, -0.25) is 0 Å². The molecule has 1 N–H and O–H groups in total. The number of rotatable bonds is 6. The number of aromatic carboxylic acids is 1. The van der Waals surface area contributed by atoms with Crippen LogP contribution in [0.4, 0.5) is 8.78 Å². The highest BCUT2D eigenvalue weighted by molar-refractivity contribution is 6.04. The minimum Gasteiger partial charge on any atom is -0.490 e. The van der Waals surface area contributed by atoms with Gasteiger partial charge in [0.15, 0.2) is 23.1 Å². The summed E-state index contributed by atoms with van der Waals surface area (Å²) in [5.41, 5.74) is 0.806. The molecule has 0 saturated heterocycles. The number of carboxylic acids is 1. The second kappa shape index (κ2) is 7.57. The van der Waals surface area contributed by atoms with Gasteiger partial charge in [-0.05, 0) is 44.2 Å². The first kappa shape index (κ1) is 18.6. The normalized spacial score (nSPS) is 10.8. The zero-order chi connectivity index (χ0) is 19.6. The van der Waals surface area contributed by atoms with Gasteiger partial charge in [-0.2, -0.15) is 0 Å². The molecule has 5 nitrogen and oxygen atoms in total. The molecule has 1 aromatic heterocycles. The van der Waals surface area contributed by atoms with E-state index in [4.69, 9.17) is 9.47 Å². The molecule has 3 rings (SSSR count). The van der Waals surface area contributed by atoms with Gasteiger partial charge in [-0.25, -0.2) is 18.6 Å². The van der Waals surface area contributed by atoms with E-state index in [9.17, 15) is 18.7 Å². The molecule has 0 aliphatic carbocycles. The van der Waals surface area contributed by atoms with Crippen LogP contribution < -0.4 is 9.47 Å². The maximum absolute atomic E-state index is 13.6. The standard InChI is InChI=1S/C20H17F2NO4/c1-3-26-18-9-12-13(20(24)25)8-16(11-5-6-14(21)15(22)7-11)23-17(12)10-19(18)27-4-2/h5-10H,3-4H2,1-2H3,(H,24,25).